The second-order valence-corrected chi connectivity index (χ2v) is 4.34. The molecule has 0 aromatic heterocycles. The Bertz CT molecular complexity index is 751. The van der Waals surface area contributed by atoms with E-state index in [9.17, 15) is 14.0 Å². The van der Waals surface area contributed by atoms with Gasteiger partial charge in [-0.2, -0.15) is 5.26 Å². The minimum Gasteiger partial charge on any atom is -0.420 e. The first-order chi connectivity index (χ1) is 10.0. The Morgan fingerprint density at radius 2 is 1.71 bits per heavy atom. The largest absolute Gasteiger partial charge is 0.420 e. The number of hydrogen-bond donors (Lipinski definition) is 0. The van der Waals surface area contributed by atoms with Crippen molar-refractivity contribution >= 4 is 22.8 Å². The number of carbonyl (C=O) groups is 2. The SMILES string of the molecule is N#Cc1ccc(C(=O)Oc2ccc(C(=O)Cl)cc2F)cc1. The molecular formula is C15H7ClFNO3. The molecule has 0 saturated carbocycles. The van der Waals surface area contributed by atoms with E-state index in [1.807, 2.05) is 6.07 Å². The van der Waals surface area contributed by atoms with Gasteiger partial charge in [-0.25, -0.2) is 9.18 Å². The molecule has 0 heterocycles. The number of benzene rings is 2. The van der Waals surface area contributed by atoms with Gasteiger partial charge in [0.1, 0.15) is 0 Å². The molecular weight excluding hydrogens is 297 g/mol. The third kappa shape index (κ3) is 3.44. The molecule has 2 aromatic carbocycles. The van der Waals surface area contributed by atoms with Crippen molar-refractivity contribution in [2.75, 3.05) is 0 Å². The molecule has 104 valence electrons. The predicted octanol–water partition coefficient (Wildman–Crippen LogP) is 3.30. The fourth-order valence-electron chi connectivity index (χ4n) is 1.55. The minimum absolute atomic E-state index is 0.0349. The topological polar surface area (TPSA) is 67.2 Å². The fourth-order valence-corrected chi connectivity index (χ4v) is 1.66. The Hall–Kier alpha value is -2.71. The number of esters is 1. The normalized spacial score (nSPS) is 9.76. The number of halogens is 2. The second-order valence-electron chi connectivity index (χ2n) is 4.00. The zero-order valence-corrected chi connectivity index (χ0v) is 11.2. The van der Waals surface area contributed by atoms with E-state index in [0.29, 0.717) is 5.56 Å². The summed E-state index contributed by atoms with van der Waals surface area (Å²) < 4.78 is 18.6. The predicted molar refractivity (Wildman–Crippen MR) is 72.7 cm³/mol. The summed E-state index contributed by atoms with van der Waals surface area (Å²) in [6, 6.07) is 10.9. The minimum atomic E-state index is -0.872. The standard InChI is InChI=1S/C15H7ClFNO3/c16-14(19)11-5-6-13(12(17)7-11)21-15(20)10-3-1-9(8-18)2-4-10/h1-7H. The van der Waals surface area contributed by atoms with Gasteiger partial charge < -0.3 is 4.74 Å². The molecule has 0 radical (unpaired) electrons. The van der Waals surface area contributed by atoms with Gasteiger partial charge in [-0.3, -0.25) is 4.79 Å². The molecule has 0 aliphatic carbocycles. The molecule has 0 atom stereocenters. The first-order valence-corrected chi connectivity index (χ1v) is 6.11. The van der Waals surface area contributed by atoms with Crippen LogP contribution in [0.15, 0.2) is 42.5 Å². The van der Waals surface area contributed by atoms with Crippen molar-refractivity contribution in [2.45, 2.75) is 0 Å². The number of carbonyl (C=O) groups excluding carboxylic acids is 2. The first-order valence-electron chi connectivity index (χ1n) is 5.73. The van der Waals surface area contributed by atoms with Crippen molar-refractivity contribution < 1.29 is 18.7 Å². The van der Waals surface area contributed by atoms with Crippen LogP contribution in [0.3, 0.4) is 0 Å². The van der Waals surface area contributed by atoms with Gasteiger partial charge in [0.05, 0.1) is 17.2 Å². The molecule has 4 nitrogen and oxygen atoms in total. The van der Waals surface area contributed by atoms with Crippen LogP contribution in [0.25, 0.3) is 0 Å². The van der Waals surface area contributed by atoms with Crippen LogP contribution in [0.2, 0.25) is 0 Å². The van der Waals surface area contributed by atoms with Gasteiger partial charge in [0.2, 0.25) is 0 Å². The van der Waals surface area contributed by atoms with Crippen LogP contribution in [0.5, 0.6) is 5.75 Å². The highest BCUT2D eigenvalue weighted by molar-refractivity contribution is 6.67. The van der Waals surface area contributed by atoms with E-state index in [-0.39, 0.29) is 16.9 Å². The van der Waals surface area contributed by atoms with Crippen LogP contribution in [0.4, 0.5) is 4.39 Å². The van der Waals surface area contributed by atoms with Crippen molar-refractivity contribution in [2.24, 2.45) is 0 Å². The van der Waals surface area contributed by atoms with E-state index in [4.69, 9.17) is 21.6 Å². The zero-order valence-electron chi connectivity index (χ0n) is 10.5. The summed E-state index contributed by atoms with van der Waals surface area (Å²) in [5.74, 6) is -1.96. The molecule has 0 unspecified atom stereocenters. The molecule has 6 heteroatoms. The molecule has 0 bridgehead atoms. The fraction of sp³-hybridized carbons (Fsp3) is 0. The van der Waals surface area contributed by atoms with E-state index in [0.717, 1.165) is 12.1 Å². The number of nitriles is 1. The molecule has 0 spiro atoms. The number of hydrogen-bond acceptors (Lipinski definition) is 4. The lowest BCUT2D eigenvalue weighted by atomic mass is 10.1. The third-order valence-corrected chi connectivity index (χ3v) is 2.83. The molecule has 0 fully saturated rings. The molecule has 0 N–H and O–H groups in total. The average molecular weight is 304 g/mol. The van der Waals surface area contributed by atoms with Gasteiger partial charge in [0.15, 0.2) is 11.6 Å². The van der Waals surface area contributed by atoms with E-state index in [1.165, 1.54) is 30.3 Å². The Labute approximate surface area is 124 Å². The summed E-state index contributed by atoms with van der Waals surface area (Å²) in [6.07, 6.45) is 0. The molecule has 0 amide bonds. The lowest BCUT2D eigenvalue weighted by molar-refractivity contribution is 0.0728. The van der Waals surface area contributed by atoms with E-state index < -0.39 is 17.0 Å². The summed E-state index contributed by atoms with van der Waals surface area (Å²) in [6.45, 7) is 0. The van der Waals surface area contributed by atoms with Gasteiger partial charge >= 0.3 is 5.97 Å². The highest BCUT2D eigenvalue weighted by Crippen LogP contribution is 2.20. The lowest BCUT2D eigenvalue weighted by Crippen LogP contribution is -2.09. The van der Waals surface area contributed by atoms with Crippen LogP contribution >= 0.6 is 11.6 Å². The smallest absolute Gasteiger partial charge is 0.343 e. The maximum absolute atomic E-state index is 13.7. The Balaban J connectivity index is 2.19. The van der Waals surface area contributed by atoms with Crippen molar-refractivity contribution in [1.29, 1.82) is 5.26 Å². The molecule has 0 aliphatic heterocycles. The van der Waals surface area contributed by atoms with Crippen molar-refractivity contribution in [1.82, 2.24) is 0 Å². The molecule has 2 aromatic rings. The molecule has 2 rings (SSSR count). The summed E-state index contributed by atoms with van der Waals surface area (Å²) in [7, 11) is 0. The van der Waals surface area contributed by atoms with Gasteiger partial charge in [-0.15, -0.1) is 0 Å². The summed E-state index contributed by atoms with van der Waals surface area (Å²) in [5, 5.41) is 7.85. The third-order valence-electron chi connectivity index (χ3n) is 2.61. The van der Waals surface area contributed by atoms with Crippen molar-refractivity contribution in [3.8, 4) is 11.8 Å². The van der Waals surface area contributed by atoms with Crippen molar-refractivity contribution in [3.63, 3.8) is 0 Å². The summed E-state index contributed by atoms with van der Waals surface area (Å²) in [5.41, 5.74) is 0.529. The number of ether oxygens (including phenoxy) is 1. The molecule has 21 heavy (non-hydrogen) atoms. The van der Waals surface area contributed by atoms with E-state index >= 15 is 0 Å². The van der Waals surface area contributed by atoms with Gasteiger partial charge in [0.25, 0.3) is 5.24 Å². The summed E-state index contributed by atoms with van der Waals surface area (Å²) in [4.78, 5) is 22.7. The summed E-state index contributed by atoms with van der Waals surface area (Å²) >= 11 is 5.22. The van der Waals surface area contributed by atoms with Crippen LogP contribution in [-0.4, -0.2) is 11.2 Å². The molecule has 0 saturated heterocycles. The maximum Gasteiger partial charge on any atom is 0.343 e. The highest BCUT2D eigenvalue weighted by Gasteiger charge is 2.14. The van der Waals surface area contributed by atoms with Gasteiger partial charge in [-0.1, -0.05) is 0 Å². The van der Waals surface area contributed by atoms with Crippen molar-refractivity contribution in [3.05, 3.63) is 65.0 Å². The van der Waals surface area contributed by atoms with Gasteiger partial charge in [0, 0.05) is 5.56 Å². The van der Waals surface area contributed by atoms with E-state index in [2.05, 4.69) is 0 Å². The average Bonchev–Trinajstić information content (AvgIpc) is 2.49. The quantitative estimate of drug-likeness (QED) is 0.496. The maximum atomic E-state index is 13.7. The Morgan fingerprint density at radius 3 is 2.24 bits per heavy atom. The van der Waals surface area contributed by atoms with Crippen LogP contribution in [0, 0.1) is 17.1 Å². The first kappa shape index (κ1) is 14.7. The van der Waals surface area contributed by atoms with Gasteiger partial charge in [-0.05, 0) is 54.1 Å². The van der Waals surface area contributed by atoms with E-state index in [1.54, 1.807) is 0 Å². The highest BCUT2D eigenvalue weighted by atomic mass is 35.5. The Kier molecular flexibility index (Phi) is 4.31. The van der Waals surface area contributed by atoms with Crippen LogP contribution in [-0.2, 0) is 0 Å². The Morgan fingerprint density at radius 1 is 1.10 bits per heavy atom. The zero-order chi connectivity index (χ0) is 15.4. The molecule has 0 aliphatic rings. The number of rotatable bonds is 3. The number of nitrogens with zero attached hydrogens (tertiary/aromatic N) is 1. The van der Waals surface area contributed by atoms with Crippen LogP contribution < -0.4 is 4.74 Å². The second kappa shape index (κ2) is 6.16. The lowest BCUT2D eigenvalue weighted by Gasteiger charge is -2.06. The van der Waals surface area contributed by atoms with Crippen LogP contribution in [0.1, 0.15) is 26.3 Å². The monoisotopic (exact) mass is 303 g/mol.